The third-order valence-electron chi connectivity index (χ3n) is 9.78. The third kappa shape index (κ3) is 6.28. The van der Waals surface area contributed by atoms with E-state index in [-0.39, 0.29) is 66.8 Å². The number of sulfonamides is 1. The molecule has 0 spiro atoms. The van der Waals surface area contributed by atoms with Crippen molar-refractivity contribution in [2.75, 3.05) is 25.0 Å². The highest BCUT2D eigenvalue weighted by Crippen LogP contribution is 2.33. The summed E-state index contributed by atoms with van der Waals surface area (Å²) in [5.41, 5.74) is 0.807. The molecule has 4 heterocycles. The minimum absolute atomic E-state index is 0.0129. The number of carbonyl (C=O) groups excluding carboxylic acids is 4. The number of carbonyl (C=O) groups is 4. The van der Waals surface area contributed by atoms with Gasteiger partial charge in [0.05, 0.1) is 22.5 Å². The van der Waals surface area contributed by atoms with Crippen LogP contribution in [-0.4, -0.2) is 75.6 Å². The lowest BCUT2D eigenvalue weighted by atomic mass is 9.89. The molecule has 3 aliphatic rings. The van der Waals surface area contributed by atoms with Gasteiger partial charge < -0.3 is 10.2 Å². The molecule has 2 N–H and O–H groups in total. The van der Waals surface area contributed by atoms with Gasteiger partial charge in [0.1, 0.15) is 11.8 Å². The third-order valence-corrected chi connectivity index (χ3v) is 11.8. The second-order valence-electron chi connectivity index (χ2n) is 13.5. The summed E-state index contributed by atoms with van der Waals surface area (Å²) in [4.78, 5) is 63.9. The van der Waals surface area contributed by atoms with E-state index in [4.69, 9.17) is 0 Å². The number of urea groups is 1. The molecule has 0 aliphatic carbocycles. The van der Waals surface area contributed by atoms with E-state index in [2.05, 4.69) is 10.6 Å². The molecule has 1 aromatic heterocycles. The summed E-state index contributed by atoms with van der Waals surface area (Å²) >= 11 is 0. The summed E-state index contributed by atoms with van der Waals surface area (Å²) in [7, 11) is -2.31. The van der Waals surface area contributed by atoms with Crippen molar-refractivity contribution in [2.24, 2.45) is 7.05 Å². The highest BCUT2D eigenvalue weighted by Gasteiger charge is 2.41. The lowest BCUT2D eigenvalue weighted by Gasteiger charge is -2.40. The number of piperidine rings is 3. The summed E-state index contributed by atoms with van der Waals surface area (Å²) in [6.07, 6.45) is 1.85. The van der Waals surface area contributed by atoms with Crippen molar-refractivity contribution in [1.82, 2.24) is 23.7 Å². The number of likely N-dealkylation sites (tertiary alicyclic amines) is 1. The fraction of sp³-hybridized carbons (Fsp3) is 0.485. The number of imidazole rings is 1. The second-order valence-corrected chi connectivity index (χ2v) is 15.4. The number of imide groups is 1. The Bertz CT molecular complexity index is 1990. The smallest absolute Gasteiger partial charge is 0.324 e. The van der Waals surface area contributed by atoms with Crippen molar-refractivity contribution in [3.05, 3.63) is 63.8 Å². The molecule has 0 saturated carbocycles. The largest absolute Gasteiger partial charge is 0.329 e. The molecule has 3 aromatic rings. The first kappa shape index (κ1) is 33.5. The first-order chi connectivity index (χ1) is 22.7. The zero-order valence-corrected chi connectivity index (χ0v) is 27.9. The highest BCUT2D eigenvalue weighted by atomic mass is 32.2. The van der Waals surface area contributed by atoms with Crippen LogP contribution in [0.3, 0.4) is 0 Å². The Morgan fingerprint density at radius 2 is 1.73 bits per heavy atom. The number of anilines is 1. The predicted molar refractivity (Wildman–Crippen MR) is 175 cm³/mol. The number of ketones is 1. The van der Waals surface area contributed by atoms with Crippen molar-refractivity contribution in [1.29, 1.82) is 0 Å². The Morgan fingerprint density at radius 1 is 1.00 bits per heavy atom. The Labute approximate surface area is 277 Å². The number of hydrogen-bond donors (Lipinski definition) is 2. The monoisotopic (exact) mass is 682 g/mol. The summed E-state index contributed by atoms with van der Waals surface area (Å²) in [5, 5.41) is 4.92. The summed E-state index contributed by atoms with van der Waals surface area (Å²) in [5.74, 6) is -2.19. The number of fused-ring (bicyclic) bond motifs is 1. The van der Waals surface area contributed by atoms with E-state index in [0.29, 0.717) is 37.0 Å². The number of Topliss-reactive ketones (excluding diaryl/α,β-unsaturated/α-hetero) is 1. The number of benzene rings is 2. The van der Waals surface area contributed by atoms with Crippen LogP contribution in [0.25, 0.3) is 11.0 Å². The highest BCUT2D eigenvalue weighted by molar-refractivity contribution is 7.88. The van der Waals surface area contributed by atoms with Crippen LogP contribution in [0.5, 0.6) is 0 Å². The quantitative estimate of drug-likeness (QED) is 0.378. The lowest BCUT2D eigenvalue weighted by Crippen LogP contribution is -2.53. The van der Waals surface area contributed by atoms with Gasteiger partial charge in [0.2, 0.25) is 21.8 Å². The van der Waals surface area contributed by atoms with E-state index < -0.39 is 45.1 Å². The molecule has 3 saturated heterocycles. The van der Waals surface area contributed by atoms with E-state index in [9.17, 15) is 32.4 Å². The van der Waals surface area contributed by atoms with Gasteiger partial charge in [0, 0.05) is 57.0 Å². The van der Waals surface area contributed by atoms with Crippen molar-refractivity contribution >= 4 is 50.4 Å². The first-order valence-corrected chi connectivity index (χ1v) is 17.7. The maximum Gasteiger partial charge on any atom is 0.329 e. The zero-order valence-electron chi connectivity index (χ0n) is 27.1. The fourth-order valence-electron chi connectivity index (χ4n) is 7.24. The number of aryl methyl sites for hydroxylation is 1. The molecule has 0 unspecified atom stereocenters. The van der Waals surface area contributed by atoms with Crippen LogP contribution in [0.4, 0.5) is 14.9 Å². The van der Waals surface area contributed by atoms with Crippen molar-refractivity contribution < 1.29 is 32.0 Å². The molecule has 48 heavy (non-hydrogen) atoms. The molecular weight excluding hydrogens is 643 g/mol. The molecule has 1 atom stereocenters. The molecule has 6 rings (SSSR count). The summed E-state index contributed by atoms with van der Waals surface area (Å²) in [6, 6.07) is 8.66. The number of halogens is 1. The molecule has 4 amide bonds. The van der Waals surface area contributed by atoms with E-state index in [0.717, 1.165) is 5.56 Å². The minimum atomic E-state index is -3.95. The van der Waals surface area contributed by atoms with Crippen LogP contribution in [0, 0.1) is 5.82 Å². The number of amides is 4. The maximum atomic E-state index is 15.6. The molecule has 15 heteroatoms. The lowest BCUT2D eigenvalue weighted by molar-refractivity contribution is -0.135. The van der Waals surface area contributed by atoms with Gasteiger partial charge in [-0.2, -0.15) is 4.31 Å². The van der Waals surface area contributed by atoms with Gasteiger partial charge in [-0.15, -0.1) is 0 Å². The molecular formula is C33H39FN6O7S. The standard InChI is InChI=1S/C33H39FN6O7S/c1-33(2)18-23(41)13-16-39(33)48(46,47)19-22-5-4-6-24(29(22)34)35-31(44)38-14-11-20(12-15-38)21-7-8-25-27(17-21)37(3)32(45)40(25)26-9-10-28(42)36-30(26)43/h4-8,17,20,26H,9-16,18-19H2,1-3H3,(H,35,44)(H,36,42,43)/t26-/m1/s1. The van der Waals surface area contributed by atoms with Crippen LogP contribution in [-0.2, 0) is 37.2 Å². The molecule has 3 fully saturated rings. The second kappa shape index (κ2) is 12.6. The van der Waals surface area contributed by atoms with Gasteiger partial charge in [-0.25, -0.2) is 22.4 Å². The topological polar surface area (TPSA) is 160 Å². The van der Waals surface area contributed by atoms with E-state index in [1.54, 1.807) is 25.8 Å². The number of hydrogen-bond acceptors (Lipinski definition) is 7. The zero-order chi connectivity index (χ0) is 34.5. The molecule has 2 aromatic carbocycles. The van der Waals surface area contributed by atoms with Crippen LogP contribution in [0.1, 0.15) is 75.5 Å². The SMILES string of the molecule is Cn1c(=O)n([C@@H]2CCC(=O)NC2=O)c2ccc(C3CCN(C(=O)Nc4cccc(CS(=O)(=O)N5CCC(=O)CC5(C)C)c4F)CC3)cc21. The molecule has 256 valence electrons. The fourth-order valence-corrected chi connectivity index (χ4v) is 9.20. The van der Waals surface area contributed by atoms with Gasteiger partial charge in [-0.1, -0.05) is 18.2 Å². The van der Waals surface area contributed by atoms with Crippen LogP contribution < -0.4 is 16.3 Å². The van der Waals surface area contributed by atoms with Crippen molar-refractivity contribution in [2.45, 2.75) is 75.6 Å². The van der Waals surface area contributed by atoms with E-state index in [1.165, 1.54) is 31.6 Å². The maximum absolute atomic E-state index is 15.6. The van der Waals surface area contributed by atoms with Gasteiger partial charge in [-0.3, -0.25) is 28.8 Å². The summed E-state index contributed by atoms with van der Waals surface area (Å²) in [6.45, 7) is 4.19. The van der Waals surface area contributed by atoms with E-state index >= 15 is 4.39 Å². The predicted octanol–water partition coefficient (Wildman–Crippen LogP) is 3.14. The average molecular weight is 683 g/mol. The normalized spacial score (nSPS) is 21.0. The molecule has 0 bridgehead atoms. The molecule has 13 nitrogen and oxygen atoms in total. The van der Waals surface area contributed by atoms with Crippen molar-refractivity contribution in [3.8, 4) is 0 Å². The van der Waals surface area contributed by atoms with Gasteiger partial charge in [0.25, 0.3) is 0 Å². The Kier molecular flexibility index (Phi) is 8.79. The Hall–Kier alpha value is -4.37. The van der Waals surface area contributed by atoms with Crippen LogP contribution in [0.15, 0.2) is 41.2 Å². The van der Waals surface area contributed by atoms with Gasteiger partial charge in [-0.05, 0) is 62.8 Å². The Morgan fingerprint density at radius 3 is 2.42 bits per heavy atom. The number of aromatic nitrogens is 2. The van der Waals surface area contributed by atoms with Crippen LogP contribution >= 0.6 is 0 Å². The number of rotatable bonds is 6. The minimum Gasteiger partial charge on any atom is -0.324 e. The Balaban J connectivity index is 1.11. The first-order valence-electron chi connectivity index (χ1n) is 16.1. The van der Waals surface area contributed by atoms with Gasteiger partial charge >= 0.3 is 11.7 Å². The summed E-state index contributed by atoms with van der Waals surface area (Å²) < 4.78 is 46.3. The number of nitrogens with one attached hydrogen (secondary N) is 2. The van der Waals surface area contributed by atoms with Gasteiger partial charge in [0.15, 0.2) is 5.82 Å². The van der Waals surface area contributed by atoms with E-state index in [1.807, 2.05) is 18.2 Å². The molecule has 3 aliphatic heterocycles. The van der Waals surface area contributed by atoms with Crippen molar-refractivity contribution in [3.63, 3.8) is 0 Å². The number of nitrogens with zero attached hydrogens (tertiary/aromatic N) is 4. The van der Waals surface area contributed by atoms with Crippen LogP contribution in [0.2, 0.25) is 0 Å². The average Bonchev–Trinajstić information content (AvgIpc) is 3.27. The molecule has 0 radical (unpaired) electrons.